The molecule has 2 aromatic carbocycles. The lowest BCUT2D eigenvalue weighted by atomic mass is 10.1. The first-order valence-electron chi connectivity index (χ1n) is 9.00. The van der Waals surface area contributed by atoms with Crippen molar-refractivity contribution in [1.29, 1.82) is 0 Å². The van der Waals surface area contributed by atoms with Crippen LogP contribution in [0.25, 0.3) is 0 Å². The van der Waals surface area contributed by atoms with Crippen LogP contribution in [-0.2, 0) is 16.1 Å². The lowest BCUT2D eigenvalue weighted by molar-refractivity contribution is -0.122. The van der Waals surface area contributed by atoms with Crippen LogP contribution in [0.3, 0.4) is 0 Å². The number of carbonyl (C=O) groups excluding carboxylic acids is 2. The van der Waals surface area contributed by atoms with Crippen molar-refractivity contribution in [2.75, 3.05) is 26.2 Å². The van der Waals surface area contributed by atoms with E-state index in [1.165, 1.54) is 26.4 Å². The van der Waals surface area contributed by atoms with Gasteiger partial charge >= 0.3 is 0 Å². The summed E-state index contributed by atoms with van der Waals surface area (Å²) in [5, 5.41) is 0.486. The summed E-state index contributed by atoms with van der Waals surface area (Å²) in [6, 6.07) is 7.21. The minimum Gasteiger partial charge on any atom is -0.495 e. The van der Waals surface area contributed by atoms with Crippen molar-refractivity contribution in [3.05, 3.63) is 52.3 Å². The van der Waals surface area contributed by atoms with Crippen LogP contribution in [0.1, 0.15) is 17.5 Å². The number of benzene rings is 2. The van der Waals surface area contributed by atoms with Crippen LogP contribution >= 0.6 is 11.6 Å². The van der Waals surface area contributed by atoms with Crippen molar-refractivity contribution >= 4 is 29.1 Å². The van der Waals surface area contributed by atoms with Gasteiger partial charge in [-0.3, -0.25) is 14.5 Å². The Morgan fingerprint density at radius 2 is 1.86 bits per heavy atom. The summed E-state index contributed by atoms with van der Waals surface area (Å²) in [6.07, 6.45) is 0.0266. The molecule has 1 aliphatic heterocycles. The van der Waals surface area contributed by atoms with Gasteiger partial charge in [-0.25, -0.2) is 9.29 Å². The van der Waals surface area contributed by atoms with Crippen molar-refractivity contribution in [2.24, 2.45) is 0 Å². The number of rotatable bonds is 6. The Balaban J connectivity index is 1.83. The number of hydrogen-bond donors (Lipinski definition) is 0. The first kappa shape index (κ1) is 21.1. The summed E-state index contributed by atoms with van der Waals surface area (Å²) in [5.41, 5.74) is 1.77. The summed E-state index contributed by atoms with van der Waals surface area (Å²) in [4.78, 5) is 28.6. The molecular weight excluding hydrogens is 399 g/mol. The lowest BCUT2D eigenvalue weighted by Gasteiger charge is -2.24. The van der Waals surface area contributed by atoms with E-state index in [2.05, 4.69) is 0 Å². The number of nitrogens with zero attached hydrogens (tertiary/aromatic N) is 2. The van der Waals surface area contributed by atoms with Gasteiger partial charge in [-0.2, -0.15) is 0 Å². The molecule has 154 valence electrons. The van der Waals surface area contributed by atoms with Crippen molar-refractivity contribution in [3.63, 3.8) is 0 Å². The third kappa shape index (κ3) is 4.06. The molecule has 1 fully saturated rings. The Kier molecular flexibility index (Phi) is 6.10. The second-order valence-electron chi connectivity index (χ2n) is 6.94. The molecule has 0 spiro atoms. The van der Waals surface area contributed by atoms with Gasteiger partial charge in [0.25, 0.3) is 5.91 Å². The number of hydrogen-bond acceptors (Lipinski definition) is 5. The smallest absolute Gasteiger partial charge is 0.251 e. The maximum atomic E-state index is 14.0. The predicted molar refractivity (Wildman–Crippen MR) is 108 cm³/mol. The molecule has 2 aromatic rings. The van der Waals surface area contributed by atoms with Gasteiger partial charge in [0.1, 0.15) is 5.75 Å². The lowest BCUT2D eigenvalue weighted by Crippen LogP contribution is -2.39. The third-order valence-electron chi connectivity index (χ3n) is 5.00. The van der Waals surface area contributed by atoms with E-state index in [1.807, 2.05) is 0 Å². The number of carbonyl (C=O) groups is 2. The van der Waals surface area contributed by atoms with E-state index >= 15 is 0 Å². The second kappa shape index (κ2) is 8.39. The van der Waals surface area contributed by atoms with Gasteiger partial charge in [0.2, 0.25) is 5.91 Å². The molecule has 1 heterocycles. The molecule has 0 saturated carbocycles. The Hall–Kier alpha value is -2.64. The highest BCUT2D eigenvalue weighted by molar-refractivity contribution is 6.32. The quantitative estimate of drug-likeness (QED) is 0.669. The highest BCUT2D eigenvalue weighted by atomic mass is 35.5. The molecule has 2 amide bonds. The Labute approximate surface area is 173 Å². The van der Waals surface area contributed by atoms with Gasteiger partial charge in [-0.05, 0) is 43.3 Å². The van der Waals surface area contributed by atoms with Crippen LogP contribution < -0.4 is 14.4 Å². The van der Waals surface area contributed by atoms with E-state index in [0.717, 1.165) is 10.5 Å². The number of ether oxygens (including phenoxy) is 2. The summed E-state index contributed by atoms with van der Waals surface area (Å²) in [6.45, 7) is 2.09. The molecule has 6 nitrogen and oxygen atoms in total. The topological polar surface area (TPSA) is 59.1 Å². The van der Waals surface area contributed by atoms with E-state index < -0.39 is 11.9 Å². The highest BCUT2D eigenvalue weighted by Crippen LogP contribution is 2.37. The standard InChI is InChI=1S/C21H22ClFN2O4/c1-12-7-16(19(29-4)9-14(12)22)25-20(26)10-17(21(25)27)24(2)11-13-5-6-18(28-3)15(23)8-13/h5-9,17H,10-11H2,1-4H3/t17-/m0/s1. The molecule has 29 heavy (non-hydrogen) atoms. The average molecular weight is 421 g/mol. The average Bonchev–Trinajstić information content (AvgIpc) is 2.98. The molecular formula is C21H22ClFN2O4. The zero-order chi connectivity index (χ0) is 21.3. The van der Waals surface area contributed by atoms with Crippen LogP contribution in [0.2, 0.25) is 5.02 Å². The number of imide groups is 1. The first-order chi connectivity index (χ1) is 13.8. The van der Waals surface area contributed by atoms with Crippen molar-refractivity contribution in [3.8, 4) is 11.5 Å². The molecule has 0 aromatic heterocycles. The molecule has 3 rings (SSSR count). The van der Waals surface area contributed by atoms with Gasteiger partial charge in [-0.1, -0.05) is 17.7 Å². The molecule has 0 bridgehead atoms. The fourth-order valence-electron chi connectivity index (χ4n) is 3.41. The Morgan fingerprint density at radius 1 is 1.17 bits per heavy atom. The van der Waals surface area contributed by atoms with Gasteiger partial charge in [-0.15, -0.1) is 0 Å². The zero-order valence-corrected chi connectivity index (χ0v) is 17.4. The third-order valence-corrected chi connectivity index (χ3v) is 5.41. The number of aryl methyl sites for hydroxylation is 1. The molecule has 1 saturated heterocycles. The predicted octanol–water partition coefficient (Wildman–Crippen LogP) is 3.57. The highest BCUT2D eigenvalue weighted by Gasteiger charge is 2.42. The van der Waals surface area contributed by atoms with E-state index in [0.29, 0.717) is 28.6 Å². The van der Waals surface area contributed by atoms with Crippen molar-refractivity contribution in [2.45, 2.75) is 25.9 Å². The monoisotopic (exact) mass is 420 g/mol. The number of halogens is 2. The second-order valence-corrected chi connectivity index (χ2v) is 7.35. The van der Waals surface area contributed by atoms with Crippen LogP contribution in [0.15, 0.2) is 30.3 Å². The van der Waals surface area contributed by atoms with E-state index in [-0.39, 0.29) is 24.0 Å². The first-order valence-corrected chi connectivity index (χ1v) is 9.38. The summed E-state index contributed by atoms with van der Waals surface area (Å²) < 4.78 is 24.2. The van der Waals surface area contributed by atoms with Crippen LogP contribution in [0, 0.1) is 12.7 Å². The minimum absolute atomic E-state index is 0.0266. The molecule has 0 unspecified atom stereocenters. The molecule has 1 atom stereocenters. The van der Waals surface area contributed by atoms with Crippen LogP contribution in [-0.4, -0.2) is 44.0 Å². The molecule has 1 aliphatic rings. The summed E-state index contributed by atoms with van der Waals surface area (Å²) >= 11 is 6.13. The summed E-state index contributed by atoms with van der Waals surface area (Å²) in [5.74, 6) is -0.655. The number of likely N-dealkylation sites (N-methyl/N-ethyl adjacent to an activating group) is 1. The maximum absolute atomic E-state index is 14.0. The fraction of sp³-hybridized carbons (Fsp3) is 0.333. The number of anilines is 1. The maximum Gasteiger partial charge on any atom is 0.251 e. The Bertz CT molecular complexity index is 966. The van der Waals surface area contributed by atoms with E-state index in [9.17, 15) is 14.0 Å². The summed E-state index contributed by atoms with van der Waals surface area (Å²) in [7, 11) is 4.58. The normalized spacial score (nSPS) is 16.7. The zero-order valence-electron chi connectivity index (χ0n) is 16.7. The van der Waals surface area contributed by atoms with Gasteiger partial charge in [0.15, 0.2) is 11.6 Å². The number of amides is 2. The Morgan fingerprint density at radius 3 is 2.48 bits per heavy atom. The molecule has 0 N–H and O–H groups in total. The van der Waals surface area contributed by atoms with E-state index in [1.54, 1.807) is 37.1 Å². The molecule has 0 aliphatic carbocycles. The SMILES string of the molecule is COc1ccc(CN(C)[C@H]2CC(=O)N(c3cc(C)c(Cl)cc3OC)C2=O)cc1F. The molecule has 0 radical (unpaired) electrons. The van der Waals surface area contributed by atoms with E-state index in [4.69, 9.17) is 21.1 Å². The van der Waals surface area contributed by atoms with Crippen LogP contribution in [0.4, 0.5) is 10.1 Å². The van der Waals surface area contributed by atoms with Crippen molar-refractivity contribution in [1.82, 2.24) is 4.90 Å². The largest absolute Gasteiger partial charge is 0.495 e. The number of methoxy groups -OCH3 is 2. The minimum atomic E-state index is -0.659. The van der Waals surface area contributed by atoms with Gasteiger partial charge in [0, 0.05) is 17.6 Å². The van der Waals surface area contributed by atoms with Crippen LogP contribution in [0.5, 0.6) is 11.5 Å². The fourth-order valence-corrected chi connectivity index (χ4v) is 3.56. The molecule has 8 heteroatoms. The van der Waals surface area contributed by atoms with Crippen molar-refractivity contribution < 1.29 is 23.5 Å². The van der Waals surface area contributed by atoms with Gasteiger partial charge < -0.3 is 9.47 Å². The van der Waals surface area contributed by atoms with Gasteiger partial charge in [0.05, 0.1) is 32.4 Å².